The number of allylic oxidation sites excluding steroid dienone is 4. The molecule has 4 aliphatic carbocycles. The van der Waals surface area contributed by atoms with Crippen LogP contribution in [0, 0.1) is 17.3 Å². The SMILES string of the molecule is CCCOC[C@]1(OC)CC[C@H]2[C@@H]3CCC4=CCCCC4=C3[C@@H](c3ccc(C(C)=O)cc3)C[C@@]21C. The maximum atomic E-state index is 12.0. The van der Waals surface area contributed by atoms with Crippen molar-refractivity contribution >= 4 is 5.78 Å². The Kier molecular flexibility index (Phi) is 6.63. The van der Waals surface area contributed by atoms with E-state index in [0.29, 0.717) is 24.4 Å². The number of fused-ring (bicyclic) bond motifs is 4. The predicted molar refractivity (Wildman–Crippen MR) is 137 cm³/mol. The molecule has 34 heavy (non-hydrogen) atoms. The molecule has 0 aliphatic heterocycles. The first-order valence-electron chi connectivity index (χ1n) is 13.6. The van der Waals surface area contributed by atoms with Crippen LogP contribution >= 0.6 is 0 Å². The lowest BCUT2D eigenvalue weighted by molar-refractivity contribution is -0.155. The molecule has 5 atom stereocenters. The van der Waals surface area contributed by atoms with E-state index in [4.69, 9.17) is 9.47 Å². The first-order chi connectivity index (χ1) is 16.4. The molecule has 0 N–H and O–H groups in total. The number of carbonyl (C=O) groups is 1. The van der Waals surface area contributed by atoms with Gasteiger partial charge in [-0.15, -0.1) is 0 Å². The third-order valence-electron chi connectivity index (χ3n) is 9.88. The summed E-state index contributed by atoms with van der Waals surface area (Å²) in [6.07, 6.45) is 13.2. The van der Waals surface area contributed by atoms with Gasteiger partial charge in [-0.1, -0.05) is 49.8 Å². The summed E-state index contributed by atoms with van der Waals surface area (Å²) in [4.78, 5) is 12.0. The molecular formula is C31H42O3. The minimum absolute atomic E-state index is 0.0734. The molecular weight excluding hydrogens is 420 g/mol. The summed E-state index contributed by atoms with van der Waals surface area (Å²) in [5, 5.41) is 0. The second-order valence-corrected chi connectivity index (χ2v) is 11.4. The van der Waals surface area contributed by atoms with Crippen molar-refractivity contribution in [2.75, 3.05) is 20.3 Å². The fraction of sp³-hybridized carbons (Fsp3) is 0.645. The van der Waals surface area contributed by atoms with E-state index in [1.807, 2.05) is 19.2 Å². The summed E-state index contributed by atoms with van der Waals surface area (Å²) >= 11 is 0. The summed E-state index contributed by atoms with van der Waals surface area (Å²) in [5.41, 5.74) is 7.08. The monoisotopic (exact) mass is 462 g/mol. The summed E-state index contributed by atoms with van der Waals surface area (Å²) < 4.78 is 12.6. The van der Waals surface area contributed by atoms with Crippen LogP contribution in [-0.4, -0.2) is 31.7 Å². The molecule has 0 saturated heterocycles. The minimum Gasteiger partial charge on any atom is -0.378 e. The molecule has 1 aromatic carbocycles. The molecule has 0 bridgehead atoms. The molecule has 0 aromatic heterocycles. The molecule has 184 valence electrons. The van der Waals surface area contributed by atoms with Crippen molar-refractivity contribution in [2.24, 2.45) is 17.3 Å². The zero-order chi connectivity index (χ0) is 23.9. The van der Waals surface area contributed by atoms with Crippen molar-refractivity contribution in [1.82, 2.24) is 0 Å². The lowest BCUT2D eigenvalue weighted by Crippen LogP contribution is -2.54. The molecule has 0 unspecified atom stereocenters. The number of benzene rings is 1. The lowest BCUT2D eigenvalue weighted by atomic mass is 9.51. The largest absolute Gasteiger partial charge is 0.378 e. The Balaban J connectivity index is 1.61. The molecule has 2 saturated carbocycles. The first kappa shape index (κ1) is 24.0. The van der Waals surface area contributed by atoms with E-state index in [1.165, 1.54) is 44.1 Å². The van der Waals surface area contributed by atoms with Crippen LogP contribution in [-0.2, 0) is 9.47 Å². The van der Waals surface area contributed by atoms with E-state index in [9.17, 15) is 4.79 Å². The maximum Gasteiger partial charge on any atom is 0.159 e. The zero-order valence-corrected chi connectivity index (χ0v) is 21.6. The molecule has 0 radical (unpaired) electrons. The Morgan fingerprint density at radius 2 is 1.94 bits per heavy atom. The van der Waals surface area contributed by atoms with E-state index in [2.05, 4.69) is 32.1 Å². The number of carbonyl (C=O) groups excluding carboxylic acids is 1. The molecule has 0 heterocycles. The van der Waals surface area contributed by atoms with Crippen molar-refractivity contribution < 1.29 is 14.3 Å². The van der Waals surface area contributed by atoms with Gasteiger partial charge in [0.05, 0.1) is 12.2 Å². The third kappa shape index (κ3) is 3.75. The van der Waals surface area contributed by atoms with Crippen molar-refractivity contribution in [1.29, 1.82) is 0 Å². The topological polar surface area (TPSA) is 35.5 Å². The number of hydrogen-bond acceptors (Lipinski definition) is 3. The van der Waals surface area contributed by atoms with Gasteiger partial charge in [0, 0.05) is 30.6 Å². The second kappa shape index (κ2) is 9.39. The van der Waals surface area contributed by atoms with E-state index < -0.39 is 0 Å². The van der Waals surface area contributed by atoms with E-state index in [-0.39, 0.29) is 16.8 Å². The molecule has 4 aliphatic rings. The van der Waals surface area contributed by atoms with Crippen molar-refractivity contribution in [3.8, 4) is 0 Å². The second-order valence-electron chi connectivity index (χ2n) is 11.4. The molecule has 0 spiro atoms. The Labute approximate surface area is 206 Å². The van der Waals surface area contributed by atoms with Crippen molar-refractivity contribution in [3.05, 3.63) is 58.2 Å². The van der Waals surface area contributed by atoms with Gasteiger partial charge in [-0.05, 0) is 93.3 Å². The number of methoxy groups -OCH3 is 1. The van der Waals surface area contributed by atoms with Gasteiger partial charge in [0.25, 0.3) is 0 Å². The quantitative estimate of drug-likeness (QED) is 0.312. The van der Waals surface area contributed by atoms with Gasteiger partial charge in [0.2, 0.25) is 0 Å². The molecule has 0 amide bonds. The molecule has 3 nitrogen and oxygen atoms in total. The van der Waals surface area contributed by atoms with Crippen molar-refractivity contribution in [3.63, 3.8) is 0 Å². The van der Waals surface area contributed by atoms with E-state index in [0.717, 1.165) is 31.4 Å². The maximum absolute atomic E-state index is 12.0. The lowest BCUT2D eigenvalue weighted by Gasteiger charge is -2.55. The van der Waals surface area contributed by atoms with Gasteiger partial charge in [-0.3, -0.25) is 4.79 Å². The number of ketones is 1. The number of ether oxygens (including phenoxy) is 2. The molecule has 2 fully saturated rings. The van der Waals surface area contributed by atoms with Crippen LogP contribution in [0.2, 0.25) is 0 Å². The van der Waals surface area contributed by atoms with Crippen LogP contribution < -0.4 is 0 Å². The van der Waals surface area contributed by atoms with Gasteiger partial charge in [0.1, 0.15) is 0 Å². The highest BCUT2D eigenvalue weighted by molar-refractivity contribution is 5.94. The highest BCUT2D eigenvalue weighted by Gasteiger charge is 2.63. The predicted octanol–water partition coefficient (Wildman–Crippen LogP) is 7.42. The summed E-state index contributed by atoms with van der Waals surface area (Å²) in [5.74, 6) is 1.81. The number of Topliss-reactive ketones (excluding diaryl/α,β-unsaturated/α-hetero) is 1. The minimum atomic E-state index is -0.219. The Morgan fingerprint density at radius 1 is 1.15 bits per heavy atom. The van der Waals surface area contributed by atoms with Crippen LogP contribution in [0.4, 0.5) is 0 Å². The molecule has 5 rings (SSSR count). The number of rotatable bonds is 7. The fourth-order valence-corrected chi connectivity index (χ4v) is 8.11. The van der Waals surface area contributed by atoms with Crippen LogP contribution in [0.15, 0.2) is 47.1 Å². The first-order valence-corrected chi connectivity index (χ1v) is 13.6. The van der Waals surface area contributed by atoms with Gasteiger partial charge >= 0.3 is 0 Å². The third-order valence-corrected chi connectivity index (χ3v) is 9.88. The molecule has 3 heteroatoms. The standard InChI is InChI=1S/C31H42O3/c1-5-18-34-20-31(33-4)17-16-28-26-15-14-23-8-6-7-9-25(23)29(26)27(19-30(28,31)3)24-12-10-22(11-13-24)21(2)32/h8,10-13,26-28H,5-7,9,14-20H2,1-4H3/t26-,27+,28-,30-,31+/m0/s1. The number of hydrogen-bond donors (Lipinski definition) is 0. The van der Waals surface area contributed by atoms with Crippen molar-refractivity contribution in [2.45, 2.75) is 90.1 Å². The zero-order valence-electron chi connectivity index (χ0n) is 21.6. The van der Waals surface area contributed by atoms with Crippen LogP contribution in [0.3, 0.4) is 0 Å². The summed E-state index contributed by atoms with van der Waals surface area (Å²) in [6, 6.07) is 8.53. The Bertz CT molecular complexity index is 986. The highest BCUT2D eigenvalue weighted by Crippen LogP contribution is 2.67. The Hall–Kier alpha value is -1.71. The van der Waals surface area contributed by atoms with Gasteiger partial charge in [-0.2, -0.15) is 0 Å². The average Bonchev–Trinajstić information content (AvgIpc) is 3.15. The van der Waals surface area contributed by atoms with E-state index in [1.54, 1.807) is 23.6 Å². The Morgan fingerprint density at radius 3 is 2.65 bits per heavy atom. The normalized spacial score (nSPS) is 34.8. The molecule has 1 aromatic rings. The van der Waals surface area contributed by atoms with Crippen LogP contribution in [0.5, 0.6) is 0 Å². The van der Waals surface area contributed by atoms with Crippen LogP contribution in [0.25, 0.3) is 0 Å². The highest BCUT2D eigenvalue weighted by atomic mass is 16.5. The van der Waals surface area contributed by atoms with Gasteiger partial charge in [0.15, 0.2) is 5.78 Å². The fourth-order valence-electron chi connectivity index (χ4n) is 8.11. The van der Waals surface area contributed by atoms with Gasteiger partial charge < -0.3 is 9.47 Å². The average molecular weight is 463 g/mol. The summed E-state index contributed by atoms with van der Waals surface area (Å²) in [7, 11) is 1.91. The summed E-state index contributed by atoms with van der Waals surface area (Å²) in [6.45, 7) is 7.84. The van der Waals surface area contributed by atoms with Gasteiger partial charge in [-0.25, -0.2) is 0 Å². The van der Waals surface area contributed by atoms with E-state index >= 15 is 0 Å². The smallest absolute Gasteiger partial charge is 0.159 e. The van der Waals surface area contributed by atoms with Crippen LogP contribution in [0.1, 0.15) is 100 Å².